The van der Waals surface area contributed by atoms with Gasteiger partial charge in [0, 0.05) is 12.8 Å². The van der Waals surface area contributed by atoms with Crippen LogP contribution in [0.5, 0.6) is 0 Å². The van der Waals surface area contributed by atoms with Gasteiger partial charge in [-0.1, -0.05) is 78.1 Å². The van der Waals surface area contributed by atoms with Crippen molar-refractivity contribution in [1.82, 2.24) is 0 Å². The quantitative estimate of drug-likeness (QED) is 0.0792. The molecule has 0 aliphatic carbocycles. The normalized spacial score (nSPS) is 11.3. The molecule has 11 heteroatoms. The van der Waals surface area contributed by atoms with Gasteiger partial charge in [-0.05, 0) is 12.8 Å². The van der Waals surface area contributed by atoms with Crippen LogP contribution in [-0.4, -0.2) is 106 Å². The average Bonchev–Trinajstić information content (AvgIpc) is 2.94. The fourth-order valence-electron chi connectivity index (χ4n) is 3.17. The number of aliphatic carboxylic acids is 2. The zero-order valence-electron chi connectivity index (χ0n) is 24.4. The summed E-state index contributed by atoms with van der Waals surface area (Å²) in [6.45, 7) is 1.32. The largest absolute Gasteiger partial charge is 0.481 e. The van der Waals surface area contributed by atoms with E-state index in [1.165, 1.54) is 44.9 Å². The molecule has 0 unspecified atom stereocenters. The van der Waals surface area contributed by atoms with Crippen LogP contribution in [0.3, 0.4) is 0 Å². The number of hydrogen-bond acceptors (Lipinski definition) is 9. The van der Waals surface area contributed by atoms with E-state index in [9.17, 15) is 9.59 Å². The van der Waals surface area contributed by atoms with Crippen molar-refractivity contribution < 1.29 is 55.2 Å². The highest BCUT2D eigenvalue weighted by Crippen LogP contribution is 2.19. The molecule has 0 fully saturated rings. The second-order valence-electron chi connectivity index (χ2n) is 10.3. The molecule has 0 saturated carbocycles. The zero-order chi connectivity index (χ0) is 30.4. The van der Waals surface area contributed by atoms with Gasteiger partial charge in [-0.3, -0.25) is 9.59 Å². The van der Waals surface area contributed by atoms with Crippen molar-refractivity contribution in [3.8, 4) is 0 Å². The molecule has 0 aromatic carbocycles. The van der Waals surface area contributed by atoms with Gasteiger partial charge in [0.25, 0.3) is 0 Å². The Balaban J connectivity index is -0.000000524. The molecule has 0 aliphatic rings. The first-order chi connectivity index (χ1) is 18.6. The molecule has 0 saturated heterocycles. The molecule has 236 valence electrons. The van der Waals surface area contributed by atoms with E-state index in [-0.39, 0.29) is 13.2 Å². The molecule has 0 spiro atoms. The summed E-state index contributed by atoms with van der Waals surface area (Å²) in [4.78, 5) is 20.1. The smallest absolute Gasteiger partial charge is 0.303 e. The molecular formula is C28H58O11. The van der Waals surface area contributed by atoms with Crippen molar-refractivity contribution in [2.45, 2.75) is 104 Å². The Labute approximate surface area is 234 Å². The second kappa shape index (κ2) is 29.6. The zero-order valence-corrected chi connectivity index (χ0v) is 24.4. The van der Waals surface area contributed by atoms with Gasteiger partial charge in [0.2, 0.25) is 0 Å². The summed E-state index contributed by atoms with van der Waals surface area (Å²) in [5.74, 6) is -1.34. The predicted molar refractivity (Wildman–Crippen MR) is 149 cm³/mol. The highest BCUT2D eigenvalue weighted by Gasteiger charge is 2.32. The standard InChI is InChI=1S/C11H22O2.C10H22O7.C7H14O2/c1-2-3-4-5-6-7-8-9-10-11(12)13;11-1-9(2-12,3-13)7-17-8-10(4-14,5-15)6-16;1-2-3-4-5-6-7(8)9/h2-10H2,1H3,(H,12,13);11-16H,1-8H2;2-6H2,1H3,(H,8,9). The molecule has 0 radical (unpaired) electrons. The molecule has 0 aliphatic heterocycles. The Bertz CT molecular complexity index is 499. The minimum Gasteiger partial charge on any atom is -0.481 e. The number of aliphatic hydroxyl groups is 6. The Morgan fingerprint density at radius 3 is 1.00 bits per heavy atom. The molecule has 0 aromatic heterocycles. The number of carboxylic acids is 2. The molecular weight excluding hydrogens is 512 g/mol. The number of aliphatic hydroxyl groups excluding tert-OH is 6. The monoisotopic (exact) mass is 570 g/mol. The third-order valence-corrected chi connectivity index (χ3v) is 6.32. The average molecular weight is 571 g/mol. The fourth-order valence-corrected chi connectivity index (χ4v) is 3.17. The van der Waals surface area contributed by atoms with Crippen LogP contribution >= 0.6 is 0 Å². The van der Waals surface area contributed by atoms with Crippen molar-refractivity contribution in [2.24, 2.45) is 10.8 Å². The lowest BCUT2D eigenvalue weighted by Gasteiger charge is -2.31. The number of rotatable bonds is 24. The summed E-state index contributed by atoms with van der Waals surface area (Å²) in [5, 5.41) is 70.8. The first-order valence-corrected chi connectivity index (χ1v) is 14.3. The fraction of sp³-hybridized carbons (Fsp3) is 0.929. The van der Waals surface area contributed by atoms with Crippen LogP contribution in [0.2, 0.25) is 0 Å². The first-order valence-electron chi connectivity index (χ1n) is 14.3. The van der Waals surface area contributed by atoms with Crippen LogP contribution in [0.1, 0.15) is 104 Å². The number of ether oxygens (including phenoxy) is 1. The van der Waals surface area contributed by atoms with E-state index in [1.54, 1.807) is 0 Å². The maximum Gasteiger partial charge on any atom is 0.303 e. The van der Waals surface area contributed by atoms with E-state index in [1.807, 2.05) is 0 Å². The maximum absolute atomic E-state index is 10.2. The number of unbranched alkanes of at least 4 members (excludes halogenated alkanes) is 10. The van der Waals surface area contributed by atoms with Gasteiger partial charge in [-0.2, -0.15) is 0 Å². The number of carbonyl (C=O) groups is 2. The van der Waals surface area contributed by atoms with Gasteiger partial charge in [-0.15, -0.1) is 0 Å². The van der Waals surface area contributed by atoms with Gasteiger partial charge < -0.3 is 45.6 Å². The topological polar surface area (TPSA) is 205 Å². The van der Waals surface area contributed by atoms with Crippen LogP contribution in [0, 0.1) is 10.8 Å². The molecule has 11 nitrogen and oxygen atoms in total. The molecule has 0 bridgehead atoms. The van der Waals surface area contributed by atoms with E-state index in [4.69, 9.17) is 45.6 Å². The van der Waals surface area contributed by atoms with Crippen molar-refractivity contribution >= 4 is 11.9 Å². The SMILES string of the molecule is CCCCCCC(=O)O.CCCCCCCCCCC(=O)O.OCC(CO)(CO)COCC(CO)(CO)CO. The van der Waals surface area contributed by atoms with Gasteiger partial charge in [0.15, 0.2) is 0 Å². The second-order valence-corrected chi connectivity index (χ2v) is 10.3. The van der Waals surface area contributed by atoms with Crippen molar-refractivity contribution in [3.05, 3.63) is 0 Å². The third-order valence-electron chi connectivity index (χ3n) is 6.32. The van der Waals surface area contributed by atoms with Gasteiger partial charge >= 0.3 is 11.9 Å². The van der Waals surface area contributed by atoms with Gasteiger partial charge in [0.05, 0.1) is 63.7 Å². The van der Waals surface area contributed by atoms with Gasteiger partial charge in [-0.25, -0.2) is 0 Å². The molecule has 0 rings (SSSR count). The van der Waals surface area contributed by atoms with Crippen LogP contribution < -0.4 is 0 Å². The summed E-state index contributed by atoms with van der Waals surface area (Å²) in [6, 6.07) is 0. The van der Waals surface area contributed by atoms with E-state index >= 15 is 0 Å². The predicted octanol–water partition coefficient (Wildman–Crippen LogP) is 2.57. The Morgan fingerprint density at radius 2 is 0.744 bits per heavy atom. The Hall–Kier alpha value is -1.34. The number of carboxylic acid groups (broad SMARTS) is 2. The molecule has 0 amide bonds. The lowest BCUT2D eigenvalue weighted by molar-refractivity contribution is -0.138. The van der Waals surface area contributed by atoms with E-state index < -0.39 is 62.4 Å². The Kier molecular flexibility index (Phi) is 32.0. The summed E-state index contributed by atoms with van der Waals surface area (Å²) in [7, 11) is 0. The summed E-state index contributed by atoms with van der Waals surface area (Å²) in [6.07, 6.45) is 14.6. The van der Waals surface area contributed by atoms with Crippen molar-refractivity contribution in [2.75, 3.05) is 52.9 Å². The lowest BCUT2D eigenvalue weighted by Crippen LogP contribution is -2.43. The molecule has 0 aromatic rings. The van der Waals surface area contributed by atoms with E-state index in [0.717, 1.165) is 32.1 Å². The van der Waals surface area contributed by atoms with Crippen LogP contribution in [0.25, 0.3) is 0 Å². The minimum absolute atomic E-state index is 0.141. The Morgan fingerprint density at radius 1 is 0.487 bits per heavy atom. The van der Waals surface area contributed by atoms with Crippen molar-refractivity contribution in [1.29, 1.82) is 0 Å². The molecule has 8 N–H and O–H groups in total. The third kappa shape index (κ3) is 26.6. The lowest BCUT2D eigenvalue weighted by atomic mass is 9.91. The molecule has 39 heavy (non-hydrogen) atoms. The van der Waals surface area contributed by atoms with E-state index in [2.05, 4.69) is 13.8 Å². The summed E-state index contributed by atoms with van der Waals surface area (Å²) in [5.41, 5.74) is -2.32. The molecule has 0 atom stereocenters. The number of hydrogen-bond donors (Lipinski definition) is 8. The van der Waals surface area contributed by atoms with Gasteiger partial charge in [0.1, 0.15) is 0 Å². The summed E-state index contributed by atoms with van der Waals surface area (Å²) < 4.78 is 5.15. The van der Waals surface area contributed by atoms with Crippen molar-refractivity contribution in [3.63, 3.8) is 0 Å². The highest BCUT2D eigenvalue weighted by molar-refractivity contribution is 5.66. The first kappa shape index (κ1) is 42.1. The van der Waals surface area contributed by atoms with Crippen LogP contribution in [0.4, 0.5) is 0 Å². The van der Waals surface area contributed by atoms with E-state index in [0.29, 0.717) is 12.8 Å². The molecule has 0 heterocycles. The summed E-state index contributed by atoms with van der Waals surface area (Å²) >= 11 is 0. The maximum atomic E-state index is 10.2. The van der Waals surface area contributed by atoms with Crippen LogP contribution in [0.15, 0.2) is 0 Å². The highest BCUT2D eigenvalue weighted by atomic mass is 16.5. The van der Waals surface area contributed by atoms with Crippen LogP contribution in [-0.2, 0) is 14.3 Å². The minimum atomic E-state index is -1.16.